The molecule has 0 saturated heterocycles. The predicted molar refractivity (Wildman–Crippen MR) is 69.7 cm³/mol. The van der Waals surface area contributed by atoms with Crippen molar-refractivity contribution in [2.45, 2.75) is 20.3 Å². The van der Waals surface area contributed by atoms with Crippen LogP contribution in [0.25, 0.3) is 0 Å². The van der Waals surface area contributed by atoms with Crippen LogP contribution in [0.5, 0.6) is 0 Å². The Labute approximate surface area is 107 Å². The topological polar surface area (TPSA) is 77.3 Å². The fourth-order valence-corrected chi connectivity index (χ4v) is 1.43. The van der Waals surface area contributed by atoms with Crippen LogP contribution >= 0.6 is 0 Å². The first-order valence-electron chi connectivity index (χ1n) is 5.78. The van der Waals surface area contributed by atoms with Crippen LogP contribution in [0.3, 0.4) is 0 Å². The van der Waals surface area contributed by atoms with Crippen LogP contribution in [0.4, 0.5) is 11.5 Å². The lowest BCUT2D eigenvalue weighted by atomic mass is 9.90. The molecule has 0 amide bonds. The number of methoxy groups -OCH3 is 1. The van der Waals surface area contributed by atoms with Gasteiger partial charge in [0.25, 0.3) is 5.69 Å². The molecule has 0 atom stereocenters. The summed E-state index contributed by atoms with van der Waals surface area (Å²) in [5.74, 6) is 0.523. The molecular weight excluding hydrogens is 234 g/mol. The third-order valence-corrected chi connectivity index (χ3v) is 2.69. The minimum Gasteiger partial charge on any atom is -0.385 e. The zero-order valence-electron chi connectivity index (χ0n) is 11.0. The highest BCUT2D eigenvalue weighted by molar-refractivity contribution is 5.44. The molecule has 0 unspecified atom stereocenters. The second-order valence-electron chi connectivity index (χ2n) is 4.92. The molecule has 1 rings (SSSR count). The molecular formula is C12H19N3O3. The Kier molecular flexibility index (Phi) is 5.03. The Hall–Kier alpha value is -1.69. The first-order valence-corrected chi connectivity index (χ1v) is 5.78. The maximum atomic E-state index is 10.6. The van der Waals surface area contributed by atoms with E-state index in [0.29, 0.717) is 19.0 Å². The van der Waals surface area contributed by atoms with Crippen molar-refractivity contribution in [3.8, 4) is 0 Å². The summed E-state index contributed by atoms with van der Waals surface area (Å²) in [5, 5.41) is 13.7. The van der Waals surface area contributed by atoms with E-state index < -0.39 is 4.92 Å². The Morgan fingerprint density at radius 2 is 2.28 bits per heavy atom. The molecule has 18 heavy (non-hydrogen) atoms. The van der Waals surface area contributed by atoms with Crippen molar-refractivity contribution in [2.75, 3.05) is 25.6 Å². The van der Waals surface area contributed by atoms with Gasteiger partial charge >= 0.3 is 0 Å². The van der Waals surface area contributed by atoms with E-state index in [1.165, 1.54) is 18.3 Å². The molecule has 1 N–H and O–H groups in total. The molecule has 0 aliphatic carbocycles. The van der Waals surface area contributed by atoms with Gasteiger partial charge in [-0.2, -0.15) is 0 Å². The molecule has 6 heteroatoms. The standard InChI is InChI=1S/C12H19N3O3/c1-12(2,5-7-18-3)9-14-11-8-10(15(16)17)4-6-13-11/h4,6,8H,5,7,9H2,1-3H3,(H,13,14). The van der Waals surface area contributed by atoms with Crippen LogP contribution in [-0.2, 0) is 4.74 Å². The molecule has 0 saturated carbocycles. The van der Waals surface area contributed by atoms with Crippen molar-refractivity contribution in [1.29, 1.82) is 0 Å². The highest BCUT2D eigenvalue weighted by Crippen LogP contribution is 2.21. The summed E-state index contributed by atoms with van der Waals surface area (Å²) in [6.45, 7) is 5.59. The lowest BCUT2D eigenvalue weighted by molar-refractivity contribution is -0.384. The number of ether oxygens (including phenoxy) is 1. The van der Waals surface area contributed by atoms with Crippen molar-refractivity contribution in [3.63, 3.8) is 0 Å². The third-order valence-electron chi connectivity index (χ3n) is 2.69. The number of aromatic nitrogens is 1. The summed E-state index contributed by atoms with van der Waals surface area (Å²) < 4.78 is 5.05. The van der Waals surface area contributed by atoms with Crippen molar-refractivity contribution in [3.05, 3.63) is 28.4 Å². The van der Waals surface area contributed by atoms with Gasteiger partial charge in [0.05, 0.1) is 11.0 Å². The number of hydrogen-bond donors (Lipinski definition) is 1. The summed E-state index contributed by atoms with van der Waals surface area (Å²) in [6.07, 6.45) is 2.34. The Bertz CT molecular complexity index is 407. The summed E-state index contributed by atoms with van der Waals surface area (Å²) >= 11 is 0. The van der Waals surface area contributed by atoms with Gasteiger partial charge in [0.1, 0.15) is 5.82 Å². The summed E-state index contributed by atoms with van der Waals surface area (Å²) in [6, 6.07) is 2.81. The summed E-state index contributed by atoms with van der Waals surface area (Å²) in [7, 11) is 1.67. The molecule has 0 aliphatic rings. The molecule has 1 heterocycles. The SMILES string of the molecule is COCCC(C)(C)CNc1cc([N+](=O)[O-])ccn1. The quantitative estimate of drug-likeness (QED) is 0.596. The minimum atomic E-state index is -0.428. The Morgan fingerprint density at radius 3 is 2.89 bits per heavy atom. The highest BCUT2D eigenvalue weighted by Gasteiger charge is 2.17. The van der Waals surface area contributed by atoms with Gasteiger partial charge in [-0.1, -0.05) is 13.8 Å². The molecule has 0 fully saturated rings. The van der Waals surface area contributed by atoms with Gasteiger partial charge in [0, 0.05) is 32.5 Å². The van der Waals surface area contributed by atoms with Gasteiger partial charge in [0.2, 0.25) is 0 Å². The average molecular weight is 253 g/mol. The van der Waals surface area contributed by atoms with Crippen molar-refractivity contribution in [1.82, 2.24) is 4.98 Å². The van der Waals surface area contributed by atoms with Crippen LogP contribution in [0, 0.1) is 15.5 Å². The van der Waals surface area contributed by atoms with Gasteiger partial charge in [-0.05, 0) is 11.8 Å². The fraction of sp³-hybridized carbons (Fsp3) is 0.583. The smallest absolute Gasteiger partial charge is 0.274 e. The highest BCUT2D eigenvalue weighted by atomic mass is 16.6. The molecule has 0 aliphatic heterocycles. The molecule has 1 aromatic rings. The largest absolute Gasteiger partial charge is 0.385 e. The van der Waals surface area contributed by atoms with E-state index in [1.54, 1.807) is 7.11 Å². The fourth-order valence-electron chi connectivity index (χ4n) is 1.43. The second kappa shape index (κ2) is 6.30. The van der Waals surface area contributed by atoms with Gasteiger partial charge < -0.3 is 10.1 Å². The zero-order chi connectivity index (χ0) is 13.6. The number of pyridine rings is 1. The van der Waals surface area contributed by atoms with E-state index in [1.807, 2.05) is 0 Å². The number of nitrogens with zero attached hydrogens (tertiary/aromatic N) is 2. The first-order chi connectivity index (χ1) is 8.44. The zero-order valence-corrected chi connectivity index (χ0v) is 11.0. The lowest BCUT2D eigenvalue weighted by Crippen LogP contribution is -2.25. The second-order valence-corrected chi connectivity index (χ2v) is 4.92. The monoisotopic (exact) mass is 253 g/mol. The molecule has 1 aromatic heterocycles. The Balaban J connectivity index is 2.57. The van der Waals surface area contributed by atoms with E-state index in [2.05, 4.69) is 24.1 Å². The lowest BCUT2D eigenvalue weighted by Gasteiger charge is -2.24. The van der Waals surface area contributed by atoms with Crippen LogP contribution in [-0.4, -0.2) is 30.2 Å². The van der Waals surface area contributed by atoms with E-state index in [4.69, 9.17) is 4.74 Å². The molecule has 0 bridgehead atoms. The van der Waals surface area contributed by atoms with Crippen LogP contribution in [0.15, 0.2) is 18.3 Å². The third kappa shape index (κ3) is 4.67. The number of hydrogen-bond acceptors (Lipinski definition) is 5. The van der Waals surface area contributed by atoms with Crippen molar-refractivity contribution in [2.24, 2.45) is 5.41 Å². The summed E-state index contributed by atoms with van der Waals surface area (Å²) in [5.41, 5.74) is 0.0877. The molecule has 0 spiro atoms. The van der Waals surface area contributed by atoms with E-state index in [9.17, 15) is 10.1 Å². The van der Waals surface area contributed by atoms with Gasteiger partial charge in [-0.15, -0.1) is 0 Å². The van der Waals surface area contributed by atoms with Crippen molar-refractivity contribution >= 4 is 11.5 Å². The van der Waals surface area contributed by atoms with Gasteiger partial charge in [-0.3, -0.25) is 10.1 Å². The Morgan fingerprint density at radius 1 is 1.56 bits per heavy atom. The van der Waals surface area contributed by atoms with E-state index >= 15 is 0 Å². The van der Waals surface area contributed by atoms with Crippen LogP contribution < -0.4 is 5.32 Å². The number of rotatable bonds is 7. The molecule has 6 nitrogen and oxygen atoms in total. The molecule has 0 aromatic carbocycles. The van der Waals surface area contributed by atoms with E-state index in [0.717, 1.165) is 6.42 Å². The van der Waals surface area contributed by atoms with Crippen LogP contribution in [0.1, 0.15) is 20.3 Å². The number of nitrogens with one attached hydrogen (secondary N) is 1. The number of nitro groups is 1. The first kappa shape index (κ1) is 14.4. The molecule has 0 radical (unpaired) electrons. The normalized spacial score (nSPS) is 11.3. The predicted octanol–water partition coefficient (Wildman–Crippen LogP) is 2.46. The summed E-state index contributed by atoms with van der Waals surface area (Å²) in [4.78, 5) is 14.3. The average Bonchev–Trinajstić information content (AvgIpc) is 2.34. The minimum absolute atomic E-state index is 0.0437. The van der Waals surface area contributed by atoms with Crippen LogP contribution in [0.2, 0.25) is 0 Å². The van der Waals surface area contributed by atoms with E-state index in [-0.39, 0.29) is 11.1 Å². The van der Waals surface area contributed by atoms with Gasteiger partial charge in [0.15, 0.2) is 0 Å². The van der Waals surface area contributed by atoms with Gasteiger partial charge in [-0.25, -0.2) is 4.98 Å². The maximum absolute atomic E-state index is 10.6. The number of anilines is 1. The van der Waals surface area contributed by atoms with Crippen molar-refractivity contribution < 1.29 is 9.66 Å². The maximum Gasteiger partial charge on any atom is 0.274 e. The molecule has 100 valence electrons.